The molecule has 0 radical (unpaired) electrons. The van der Waals surface area contributed by atoms with Crippen LogP contribution >= 0.6 is 11.6 Å². The Labute approximate surface area is 154 Å². The minimum absolute atomic E-state index is 0.148. The highest BCUT2D eigenvalue weighted by Gasteiger charge is 2.13. The largest absolute Gasteiger partial charge is 0.343 e. The summed E-state index contributed by atoms with van der Waals surface area (Å²) < 4.78 is 5.21. The first kappa shape index (κ1) is 16.3. The van der Waals surface area contributed by atoms with Crippen LogP contribution in [0.5, 0.6) is 0 Å². The predicted octanol–water partition coefficient (Wildman–Crippen LogP) is 4.47. The van der Waals surface area contributed by atoms with Crippen LogP contribution in [-0.4, -0.2) is 16.0 Å². The van der Waals surface area contributed by atoms with Crippen LogP contribution in [0.2, 0.25) is 5.02 Å². The summed E-state index contributed by atoms with van der Waals surface area (Å²) >= 11 is 5.98. The second-order valence-corrected chi connectivity index (χ2v) is 6.17. The summed E-state index contributed by atoms with van der Waals surface area (Å²) in [5.74, 6) is 0.569. The molecule has 0 aliphatic carbocycles. The number of hydrogen-bond acceptors (Lipinski definition) is 4. The second-order valence-electron chi connectivity index (χ2n) is 5.73. The molecule has 0 spiro atoms. The zero-order valence-electron chi connectivity index (χ0n) is 13.6. The van der Waals surface area contributed by atoms with Gasteiger partial charge in [0, 0.05) is 16.1 Å². The highest BCUT2D eigenvalue weighted by atomic mass is 35.5. The van der Waals surface area contributed by atoms with Crippen molar-refractivity contribution in [2.45, 2.75) is 6.54 Å². The lowest BCUT2D eigenvalue weighted by molar-refractivity contribution is 0.0948. The summed E-state index contributed by atoms with van der Waals surface area (Å²) in [6.45, 7) is 0.148. The average Bonchev–Trinajstić information content (AvgIpc) is 3.15. The standard InChI is InChI=1S/C20H14ClN3O2/c21-15-8-3-7-14(11-15)19-23-18(26-24-19)12-22-20(25)17-10-4-6-13-5-1-2-9-16(13)17/h1-11H,12H2,(H,22,25). The Morgan fingerprint density at radius 3 is 2.73 bits per heavy atom. The van der Waals surface area contributed by atoms with Crippen molar-refractivity contribution >= 4 is 28.3 Å². The summed E-state index contributed by atoms with van der Waals surface area (Å²) in [6, 6.07) is 20.6. The molecule has 1 heterocycles. The number of carbonyl (C=O) groups is 1. The van der Waals surface area contributed by atoms with Crippen molar-refractivity contribution in [3.05, 3.63) is 83.2 Å². The Morgan fingerprint density at radius 1 is 1.04 bits per heavy atom. The number of carbonyl (C=O) groups excluding carboxylic acids is 1. The average molecular weight is 364 g/mol. The summed E-state index contributed by atoms with van der Waals surface area (Å²) in [6.07, 6.45) is 0. The number of amides is 1. The van der Waals surface area contributed by atoms with Crippen molar-refractivity contribution in [3.63, 3.8) is 0 Å². The van der Waals surface area contributed by atoms with Gasteiger partial charge < -0.3 is 9.84 Å². The van der Waals surface area contributed by atoms with Gasteiger partial charge in [0.15, 0.2) is 0 Å². The second kappa shape index (κ2) is 6.98. The van der Waals surface area contributed by atoms with Crippen molar-refractivity contribution < 1.29 is 9.32 Å². The minimum Gasteiger partial charge on any atom is -0.343 e. The molecule has 4 aromatic rings. The maximum absolute atomic E-state index is 12.5. The van der Waals surface area contributed by atoms with E-state index in [1.165, 1.54) is 0 Å². The molecule has 1 N–H and O–H groups in total. The van der Waals surface area contributed by atoms with Crippen LogP contribution in [-0.2, 0) is 6.54 Å². The molecule has 0 bridgehead atoms. The van der Waals surface area contributed by atoms with Crippen molar-refractivity contribution in [2.24, 2.45) is 0 Å². The third-order valence-electron chi connectivity index (χ3n) is 3.99. The molecule has 26 heavy (non-hydrogen) atoms. The molecule has 0 aliphatic heterocycles. The van der Waals surface area contributed by atoms with Crippen molar-refractivity contribution in [1.82, 2.24) is 15.5 Å². The third-order valence-corrected chi connectivity index (χ3v) is 4.22. The Morgan fingerprint density at radius 2 is 1.85 bits per heavy atom. The van der Waals surface area contributed by atoms with Gasteiger partial charge in [-0.1, -0.05) is 65.3 Å². The number of nitrogens with one attached hydrogen (secondary N) is 1. The first-order chi connectivity index (χ1) is 12.7. The van der Waals surface area contributed by atoms with Gasteiger partial charge >= 0.3 is 0 Å². The molecule has 4 rings (SSSR count). The van der Waals surface area contributed by atoms with E-state index in [2.05, 4.69) is 15.5 Å². The summed E-state index contributed by atoms with van der Waals surface area (Å²) in [4.78, 5) is 16.8. The molecule has 6 heteroatoms. The van der Waals surface area contributed by atoms with Gasteiger partial charge in [-0.05, 0) is 29.0 Å². The van der Waals surface area contributed by atoms with E-state index >= 15 is 0 Å². The molecule has 0 aliphatic rings. The van der Waals surface area contributed by atoms with Gasteiger partial charge in [-0.15, -0.1) is 0 Å². The fourth-order valence-corrected chi connectivity index (χ4v) is 2.94. The van der Waals surface area contributed by atoms with Crippen molar-refractivity contribution in [1.29, 1.82) is 0 Å². The van der Waals surface area contributed by atoms with Crippen molar-refractivity contribution in [2.75, 3.05) is 0 Å². The number of halogens is 1. The predicted molar refractivity (Wildman–Crippen MR) is 99.9 cm³/mol. The fraction of sp³-hybridized carbons (Fsp3) is 0.0500. The first-order valence-corrected chi connectivity index (χ1v) is 8.43. The lowest BCUT2D eigenvalue weighted by atomic mass is 10.0. The van der Waals surface area contributed by atoms with Gasteiger partial charge in [-0.3, -0.25) is 4.79 Å². The molecule has 3 aromatic carbocycles. The number of aromatic nitrogens is 2. The molecule has 0 saturated carbocycles. The van der Waals surface area contributed by atoms with E-state index in [1.54, 1.807) is 18.2 Å². The number of fused-ring (bicyclic) bond motifs is 1. The Balaban J connectivity index is 1.50. The number of benzene rings is 3. The fourth-order valence-electron chi connectivity index (χ4n) is 2.75. The van der Waals surface area contributed by atoms with Gasteiger partial charge in [0.1, 0.15) is 0 Å². The van der Waals surface area contributed by atoms with Crippen LogP contribution in [0.4, 0.5) is 0 Å². The SMILES string of the molecule is O=C(NCc1nc(-c2cccc(Cl)c2)no1)c1cccc2ccccc12. The summed E-state index contributed by atoms with van der Waals surface area (Å²) in [7, 11) is 0. The van der Waals surface area contributed by atoms with Gasteiger partial charge in [-0.2, -0.15) is 4.98 Å². The molecular formula is C20H14ClN3O2. The maximum Gasteiger partial charge on any atom is 0.252 e. The third kappa shape index (κ3) is 3.30. The van der Waals surface area contributed by atoms with Crippen LogP contribution in [0, 0.1) is 0 Å². The molecule has 1 aromatic heterocycles. The lowest BCUT2D eigenvalue weighted by Crippen LogP contribution is -2.23. The van der Waals surface area contributed by atoms with Crippen LogP contribution in [0.1, 0.15) is 16.2 Å². The molecule has 0 saturated heterocycles. The quantitative estimate of drug-likeness (QED) is 0.580. The van der Waals surface area contributed by atoms with Gasteiger partial charge in [0.2, 0.25) is 11.7 Å². The smallest absolute Gasteiger partial charge is 0.252 e. The molecule has 0 fully saturated rings. The number of rotatable bonds is 4. The maximum atomic E-state index is 12.5. The van der Waals surface area contributed by atoms with Crippen LogP contribution in [0.15, 0.2) is 71.3 Å². The molecule has 0 unspecified atom stereocenters. The molecule has 5 nitrogen and oxygen atoms in total. The normalized spacial score (nSPS) is 10.8. The first-order valence-electron chi connectivity index (χ1n) is 8.05. The number of nitrogens with zero attached hydrogens (tertiary/aromatic N) is 2. The van der Waals surface area contributed by atoms with Gasteiger partial charge in [-0.25, -0.2) is 0 Å². The summed E-state index contributed by atoms with van der Waals surface area (Å²) in [5.41, 5.74) is 1.37. The van der Waals surface area contributed by atoms with Crippen molar-refractivity contribution in [3.8, 4) is 11.4 Å². The molecule has 128 valence electrons. The van der Waals surface area contributed by atoms with Crippen LogP contribution in [0.25, 0.3) is 22.2 Å². The number of hydrogen-bond donors (Lipinski definition) is 1. The van der Waals surface area contributed by atoms with E-state index in [1.807, 2.05) is 48.5 Å². The van der Waals surface area contributed by atoms with Gasteiger partial charge in [0.25, 0.3) is 5.91 Å². The minimum atomic E-state index is -0.190. The van der Waals surface area contributed by atoms with Crippen LogP contribution < -0.4 is 5.32 Å². The van der Waals surface area contributed by atoms with E-state index in [-0.39, 0.29) is 12.5 Å². The highest BCUT2D eigenvalue weighted by molar-refractivity contribution is 6.30. The van der Waals surface area contributed by atoms with E-state index < -0.39 is 0 Å². The van der Waals surface area contributed by atoms with Crippen LogP contribution in [0.3, 0.4) is 0 Å². The monoisotopic (exact) mass is 363 g/mol. The van der Waals surface area contributed by atoms with E-state index in [0.717, 1.165) is 16.3 Å². The molecule has 1 amide bonds. The molecule has 0 atom stereocenters. The van der Waals surface area contributed by atoms with E-state index in [0.29, 0.717) is 22.3 Å². The Bertz CT molecular complexity index is 1090. The zero-order valence-corrected chi connectivity index (χ0v) is 14.4. The van der Waals surface area contributed by atoms with E-state index in [9.17, 15) is 4.79 Å². The summed E-state index contributed by atoms with van der Waals surface area (Å²) in [5, 5.41) is 9.27. The highest BCUT2D eigenvalue weighted by Crippen LogP contribution is 2.20. The lowest BCUT2D eigenvalue weighted by Gasteiger charge is -2.06. The topological polar surface area (TPSA) is 68.0 Å². The van der Waals surface area contributed by atoms with Gasteiger partial charge in [0.05, 0.1) is 6.54 Å². The Hall–Kier alpha value is -3.18. The zero-order chi connectivity index (χ0) is 17.9. The molecular weight excluding hydrogens is 350 g/mol. The van der Waals surface area contributed by atoms with E-state index in [4.69, 9.17) is 16.1 Å². The Kier molecular flexibility index (Phi) is 4.37.